The van der Waals surface area contributed by atoms with Gasteiger partial charge in [-0.05, 0) is 6.92 Å². The molecule has 0 amide bonds. The zero-order chi connectivity index (χ0) is 8.69. The van der Waals surface area contributed by atoms with E-state index in [0.717, 1.165) is 0 Å². The van der Waals surface area contributed by atoms with Crippen molar-refractivity contribution >= 4 is 11.7 Å². The molecule has 0 saturated carbocycles. The van der Waals surface area contributed by atoms with Crippen molar-refractivity contribution in [3.8, 4) is 6.07 Å². The molecule has 0 aliphatic heterocycles. The van der Waals surface area contributed by atoms with Gasteiger partial charge in [-0.2, -0.15) is 5.26 Å². The van der Waals surface area contributed by atoms with Crippen molar-refractivity contribution in [1.29, 1.82) is 5.26 Å². The van der Waals surface area contributed by atoms with Crippen molar-refractivity contribution < 1.29 is 9.63 Å². The van der Waals surface area contributed by atoms with Crippen LogP contribution in [0.5, 0.6) is 0 Å². The van der Waals surface area contributed by atoms with Crippen LogP contribution in [0.25, 0.3) is 0 Å². The van der Waals surface area contributed by atoms with Crippen LogP contribution in [-0.4, -0.2) is 11.7 Å². The molecular weight excluding hydrogens is 144 g/mol. The summed E-state index contributed by atoms with van der Waals surface area (Å²) in [4.78, 5) is 14.6. The Morgan fingerprint density at radius 3 is 2.73 bits per heavy atom. The van der Waals surface area contributed by atoms with Gasteiger partial charge in [0.1, 0.15) is 0 Å². The number of nitriles is 1. The van der Waals surface area contributed by atoms with Crippen molar-refractivity contribution in [1.82, 2.24) is 0 Å². The van der Waals surface area contributed by atoms with Crippen LogP contribution >= 0.6 is 0 Å². The molecule has 0 unspecified atom stereocenters. The Morgan fingerprint density at radius 2 is 2.27 bits per heavy atom. The SMILES string of the molecule is CC(=O)ON=C(C)CCC#N. The first kappa shape index (κ1) is 9.63. The van der Waals surface area contributed by atoms with Gasteiger partial charge in [0.05, 0.1) is 11.8 Å². The Balaban J connectivity index is 3.64. The van der Waals surface area contributed by atoms with Crippen LogP contribution in [0, 0.1) is 11.3 Å². The molecule has 0 heterocycles. The third kappa shape index (κ3) is 6.52. The van der Waals surface area contributed by atoms with Gasteiger partial charge in [-0.3, -0.25) is 0 Å². The largest absolute Gasteiger partial charge is 0.331 e. The summed E-state index contributed by atoms with van der Waals surface area (Å²) < 4.78 is 0. The van der Waals surface area contributed by atoms with Gasteiger partial charge >= 0.3 is 5.97 Å². The molecule has 0 rings (SSSR count). The van der Waals surface area contributed by atoms with E-state index >= 15 is 0 Å². The summed E-state index contributed by atoms with van der Waals surface area (Å²) in [5.41, 5.74) is 0.654. The number of oxime groups is 1. The van der Waals surface area contributed by atoms with Gasteiger partial charge in [0.2, 0.25) is 0 Å². The average Bonchev–Trinajstić information content (AvgIpc) is 1.97. The minimum atomic E-state index is -0.443. The monoisotopic (exact) mass is 154 g/mol. The Bertz CT molecular complexity index is 203. The minimum absolute atomic E-state index is 0.399. The number of rotatable bonds is 3. The Hall–Kier alpha value is -1.37. The molecule has 0 aliphatic carbocycles. The van der Waals surface area contributed by atoms with E-state index in [1.807, 2.05) is 6.07 Å². The molecule has 0 aromatic heterocycles. The molecule has 0 radical (unpaired) electrons. The van der Waals surface area contributed by atoms with Crippen LogP contribution in [0.2, 0.25) is 0 Å². The third-order valence-corrected chi connectivity index (χ3v) is 0.929. The van der Waals surface area contributed by atoms with Gasteiger partial charge in [-0.15, -0.1) is 0 Å². The summed E-state index contributed by atoms with van der Waals surface area (Å²) >= 11 is 0. The number of nitrogens with zero attached hydrogens (tertiary/aromatic N) is 2. The van der Waals surface area contributed by atoms with Crippen LogP contribution in [0.3, 0.4) is 0 Å². The molecule has 11 heavy (non-hydrogen) atoms. The maximum absolute atomic E-state index is 10.2. The lowest BCUT2D eigenvalue weighted by Gasteiger charge is -1.93. The molecule has 0 atom stereocenters. The van der Waals surface area contributed by atoms with E-state index in [4.69, 9.17) is 5.26 Å². The Morgan fingerprint density at radius 1 is 1.64 bits per heavy atom. The maximum atomic E-state index is 10.2. The highest BCUT2D eigenvalue weighted by atomic mass is 16.7. The lowest BCUT2D eigenvalue weighted by Crippen LogP contribution is -1.96. The van der Waals surface area contributed by atoms with E-state index in [0.29, 0.717) is 18.6 Å². The molecule has 0 saturated heterocycles. The molecule has 0 fully saturated rings. The summed E-state index contributed by atoms with van der Waals surface area (Å²) in [7, 11) is 0. The highest BCUT2D eigenvalue weighted by Gasteiger charge is 1.93. The molecule has 4 nitrogen and oxygen atoms in total. The Kier molecular flexibility index (Phi) is 4.74. The average molecular weight is 154 g/mol. The maximum Gasteiger partial charge on any atom is 0.331 e. The quantitative estimate of drug-likeness (QED) is 0.349. The fraction of sp³-hybridized carbons (Fsp3) is 0.571. The van der Waals surface area contributed by atoms with Gasteiger partial charge in [-0.1, -0.05) is 5.16 Å². The second-order valence-electron chi connectivity index (χ2n) is 2.07. The molecule has 0 spiro atoms. The zero-order valence-corrected chi connectivity index (χ0v) is 6.63. The highest BCUT2D eigenvalue weighted by molar-refractivity contribution is 5.82. The number of carbonyl (C=O) groups excluding carboxylic acids is 1. The molecule has 4 heteroatoms. The number of hydrogen-bond acceptors (Lipinski definition) is 4. The summed E-state index contributed by atoms with van der Waals surface area (Å²) in [6.45, 7) is 2.99. The highest BCUT2D eigenvalue weighted by Crippen LogP contribution is 1.92. The van der Waals surface area contributed by atoms with Gasteiger partial charge in [0.25, 0.3) is 0 Å². The second kappa shape index (κ2) is 5.42. The van der Waals surface area contributed by atoms with E-state index in [1.54, 1.807) is 6.92 Å². The number of hydrogen-bond donors (Lipinski definition) is 0. The van der Waals surface area contributed by atoms with Crippen molar-refractivity contribution in [3.05, 3.63) is 0 Å². The summed E-state index contributed by atoms with van der Waals surface area (Å²) in [6.07, 6.45) is 0.945. The first-order valence-electron chi connectivity index (χ1n) is 3.25. The fourth-order valence-corrected chi connectivity index (χ4v) is 0.425. The van der Waals surface area contributed by atoms with Gasteiger partial charge in [-0.25, -0.2) is 4.79 Å². The molecule has 0 N–H and O–H groups in total. The van der Waals surface area contributed by atoms with Crippen LogP contribution in [-0.2, 0) is 9.63 Å². The van der Waals surface area contributed by atoms with Crippen LogP contribution in [0.4, 0.5) is 0 Å². The normalized spacial score (nSPS) is 10.5. The summed E-state index contributed by atoms with van der Waals surface area (Å²) in [6, 6.07) is 1.96. The van der Waals surface area contributed by atoms with Gasteiger partial charge < -0.3 is 4.84 Å². The summed E-state index contributed by atoms with van der Waals surface area (Å²) in [5, 5.41) is 11.7. The lowest BCUT2D eigenvalue weighted by molar-refractivity contribution is -0.140. The van der Waals surface area contributed by atoms with Gasteiger partial charge in [0, 0.05) is 19.8 Å². The number of carbonyl (C=O) groups is 1. The standard InChI is InChI=1S/C7H10N2O2/c1-6(4-3-5-8)9-11-7(2)10/h3-4H2,1-2H3. The van der Waals surface area contributed by atoms with Crippen molar-refractivity contribution in [3.63, 3.8) is 0 Å². The second-order valence-corrected chi connectivity index (χ2v) is 2.07. The molecule has 60 valence electrons. The predicted molar refractivity (Wildman–Crippen MR) is 39.7 cm³/mol. The van der Waals surface area contributed by atoms with Crippen LogP contribution in [0.1, 0.15) is 26.7 Å². The van der Waals surface area contributed by atoms with Crippen molar-refractivity contribution in [2.45, 2.75) is 26.7 Å². The molecule has 0 aromatic carbocycles. The predicted octanol–water partition coefficient (Wildman–Crippen LogP) is 1.23. The van der Waals surface area contributed by atoms with Crippen LogP contribution in [0.15, 0.2) is 5.16 Å². The van der Waals surface area contributed by atoms with E-state index in [2.05, 4.69) is 9.99 Å². The molecule has 0 aromatic rings. The molecule has 0 aliphatic rings. The minimum Gasteiger partial charge on any atom is -0.319 e. The first-order valence-corrected chi connectivity index (χ1v) is 3.25. The van der Waals surface area contributed by atoms with E-state index in [9.17, 15) is 4.79 Å². The topological polar surface area (TPSA) is 62.4 Å². The molecular formula is C7H10N2O2. The lowest BCUT2D eigenvalue weighted by atomic mass is 10.2. The Labute approximate surface area is 65.4 Å². The van der Waals surface area contributed by atoms with Gasteiger partial charge in [0.15, 0.2) is 0 Å². The summed E-state index contributed by atoms with van der Waals surface area (Å²) in [5.74, 6) is -0.443. The molecule has 0 bridgehead atoms. The van der Waals surface area contributed by atoms with Crippen molar-refractivity contribution in [2.75, 3.05) is 0 Å². The van der Waals surface area contributed by atoms with E-state index in [-0.39, 0.29) is 0 Å². The zero-order valence-electron chi connectivity index (χ0n) is 6.63. The smallest absolute Gasteiger partial charge is 0.319 e. The van der Waals surface area contributed by atoms with Crippen LogP contribution < -0.4 is 0 Å². The fourth-order valence-electron chi connectivity index (χ4n) is 0.425. The van der Waals surface area contributed by atoms with E-state index < -0.39 is 5.97 Å². The first-order chi connectivity index (χ1) is 5.16. The van der Waals surface area contributed by atoms with Crippen molar-refractivity contribution in [2.24, 2.45) is 5.16 Å². The third-order valence-electron chi connectivity index (χ3n) is 0.929. The van der Waals surface area contributed by atoms with E-state index in [1.165, 1.54) is 6.92 Å².